The summed E-state index contributed by atoms with van der Waals surface area (Å²) in [6, 6.07) is 6.13. The van der Waals surface area contributed by atoms with Crippen molar-refractivity contribution in [3.05, 3.63) is 35.9 Å². The molecule has 0 unspecified atom stereocenters. The lowest BCUT2D eigenvalue weighted by Gasteiger charge is -2.18. The molecule has 1 aliphatic rings. The van der Waals surface area contributed by atoms with Crippen molar-refractivity contribution >= 4 is 0 Å². The monoisotopic (exact) mass is 288 g/mol. The Labute approximate surface area is 124 Å². The molecule has 0 fully saturated rings. The quantitative estimate of drug-likeness (QED) is 0.814. The minimum Gasteiger partial charge on any atom is -0.486 e. The molecule has 2 heterocycles. The first kappa shape index (κ1) is 13.9. The van der Waals surface area contributed by atoms with Crippen molar-refractivity contribution in [2.75, 3.05) is 19.8 Å². The summed E-state index contributed by atoms with van der Waals surface area (Å²) >= 11 is 0. The molecule has 0 amide bonds. The summed E-state index contributed by atoms with van der Waals surface area (Å²) in [5, 5.41) is 7.55. The van der Waals surface area contributed by atoms with Gasteiger partial charge in [0.1, 0.15) is 25.4 Å². The van der Waals surface area contributed by atoms with Crippen molar-refractivity contribution in [2.24, 2.45) is 0 Å². The first-order valence-corrected chi connectivity index (χ1v) is 7.32. The first-order chi connectivity index (χ1) is 10.4. The van der Waals surface area contributed by atoms with Gasteiger partial charge in [-0.3, -0.25) is 0 Å². The van der Waals surface area contributed by atoms with Gasteiger partial charge in [0.15, 0.2) is 11.5 Å². The minimum atomic E-state index is 0.626. The molecule has 3 rings (SSSR count). The van der Waals surface area contributed by atoms with E-state index in [4.69, 9.17) is 9.47 Å². The van der Waals surface area contributed by atoms with E-state index in [0.717, 1.165) is 43.4 Å². The van der Waals surface area contributed by atoms with Crippen LogP contribution in [0.2, 0.25) is 0 Å². The van der Waals surface area contributed by atoms with E-state index >= 15 is 0 Å². The van der Waals surface area contributed by atoms with E-state index in [1.807, 2.05) is 10.7 Å². The number of ether oxygens (including phenoxy) is 2. The third kappa shape index (κ3) is 3.33. The van der Waals surface area contributed by atoms with Crippen LogP contribution in [0.5, 0.6) is 11.5 Å². The number of nitrogens with one attached hydrogen (secondary N) is 1. The minimum absolute atomic E-state index is 0.626. The van der Waals surface area contributed by atoms with Crippen LogP contribution in [0.25, 0.3) is 0 Å². The van der Waals surface area contributed by atoms with Crippen molar-refractivity contribution in [2.45, 2.75) is 26.4 Å². The van der Waals surface area contributed by atoms with E-state index < -0.39 is 0 Å². The topological polar surface area (TPSA) is 61.2 Å². The van der Waals surface area contributed by atoms with Gasteiger partial charge in [-0.05, 0) is 37.6 Å². The van der Waals surface area contributed by atoms with E-state index in [1.165, 1.54) is 5.56 Å². The fraction of sp³-hybridized carbons (Fsp3) is 0.467. The lowest BCUT2D eigenvalue weighted by Crippen LogP contribution is -2.20. The number of fused-ring (bicyclic) bond motifs is 1. The molecule has 0 aliphatic carbocycles. The van der Waals surface area contributed by atoms with E-state index in [2.05, 4.69) is 34.5 Å². The van der Waals surface area contributed by atoms with Crippen LogP contribution in [0, 0.1) is 0 Å². The summed E-state index contributed by atoms with van der Waals surface area (Å²) in [6.45, 7) is 5.79. The maximum Gasteiger partial charge on any atom is 0.161 e. The van der Waals surface area contributed by atoms with E-state index in [9.17, 15) is 0 Å². The summed E-state index contributed by atoms with van der Waals surface area (Å²) in [4.78, 5) is 4.24. The van der Waals surface area contributed by atoms with Crippen LogP contribution in [-0.4, -0.2) is 34.5 Å². The molecule has 0 radical (unpaired) electrons. The Morgan fingerprint density at radius 1 is 1.24 bits per heavy atom. The summed E-state index contributed by atoms with van der Waals surface area (Å²) in [5.74, 6) is 2.66. The highest BCUT2D eigenvalue weighted by molar-refractivity contribution is 5.43. The summed E-state index contributed by atoms with van der Waals surface area (Å²) in [5.41, 5.74) is 1.24. The lowest BCUT2D eigenvalue weighted by atomic mass is 10.1. The molecule has 1 aromatic heterocycles. The Kier molecular flexibility index (Phi) is 4.35. The van der Waals surface area contributed by atoms with Gasteiger partial charge >= 0.3 is 0 Å². The number of hydrogen-bond acceptors (Lipinski definition) is 5. The predicted molar refractivity (Wildman–Crippen MR) is 78.5 cm³/mol. The number of aromatic nitrogens is 3. The fourth-order valence-corrected chi connectivity index (χ4v) is 2.37. The van der Waals surface area contributed by atoms with Crippen molar-refractivity contribution in [3.8, 4) is 11.5 Å². The van der Waals surface area contributed by atoms with Gasteiger partial charge < -0.3 is 14.8 Å². The molecular formula is C15H20N4O2. The van der Waals surface area contributed by atoms with Gasteiger partial charge in [0, 0.05) is 6.54 Å². The second kappa shape index (κ2) is 6.58. The molecule has 6 heteroatoms. The van der Waals surface area contributed by atoms with Gasteiger partial charge in [0.2, 0.25) is 0 Å². The van der Waals surface area contributed by atoms with Crippen molar-refractivity contribution in [1.82, 2.24) is 20.1 Å². The maximum absolute atomic E-state index is 5.59. The summed E-state index contributed by atoms with van der Waals surface area (Å²) < 4.78 is 13.0. The Morgan fingerprint density at radius 3 is 2.95 bits per heavy atom. The Morgan fingerprint density at radius 2 is 2.10 bits per heavy atom. The van der Waals surface area contributed by atoms with Crippen LogP contribution in [-0.2, 0) is 19.5 Å². The third-order valence-electron chi connectivity index (χ3n) is 3.48. The zero-order chi connectivity index (χ0) is 14.5. The number of benzene rings is 1. The predicted octanol–water partition coefficient (Wildman–Crippen LogP) is 1.40. The molecule has 0 saturated heterocycles. The second-order valence-electron chi connectivity index (χ2n) is 4.90. The molecule has 112 valence electrons. The lowest BCUT2D eigenvalue weighted by molar-refractivity contribution is 0.171. The standard InChI is InChI=1S/C15H20N4O2/c1-2-19-15(17-11-18-19)10-16-6-5-12-3-4-13-14(9-12)21-8-7-20-13/h3-4,9,11,16H,2,5-8,10H2,1H3. The molecule has 2 aromatic rings. The molecule has 1 aliphatic heterocycles. The van der Waals surface area contributed by atoms with Crippen LogP contribution in [0.15, 0.2) is 24.5 Å². The van der Waals surface area contributed by atoms with E-state index in [1.54, 1.807) is 6.33 Å². The smallest absolute Gasteiger partial charge is 0.161 e. The SMILES string of the molecule is CCn1ncnc1CNCCc1ccc2c(c1)OCCO2. The van der Waals surface area contributed by atoms with Crippen LogP contribution >= 0.6 is 0 Å². The zero-order valence-electron chi connectivity index (χ0n) is 12.2. The molecule has 0 atom stereocenters. The Hall–Kier alpha value is -2.08. The van der Waals surface area contributed by atoms with E-state index in [-0.39, 0.29) is 0 Å². The fourth-order valence-electron chi connectivity index (χ4n) is 2.37. The highest BCUT2D eigenvalue weighted by Crippen LogP contribution is 2.30. The number of nitrogens with zero attached hydrogens (tertiary/aromatic N) is 3. The molecule has 0 spiro atoms. The average molecular weight is 288 g/mol. The van der Waals surface area contributed by atoms with Crippen LogP contribution in [0.3, 0.4) is 0 Å². The normalized spacial score (nSPS) is 13.4. The molecule has 0 bridgehead atoms. The van der Waals surface area contributed by atoms with Crippen molar-refractivity contribution < 1.29 is 9.47 Å². The Balaban J connectivity index is 1.49. The molecule has 0 saturated carbocycles. The molecule has 1 N–H and O–H groups in total. The van der Waals surface area contributed by atoms with E-state index in [0.29, 0.717) is 13.2 Å². The van der Waals surface area contributed by atoms with Crippen LogP contribution in [0.1, 0.15) is 18.3 Å². The molecular weight excluding hydrogens is 268 g/mol. The van der Waals surface area contributed by atoms with Crippen molar-refractivity contribution in [3.63, 3.8) is 0 Å². The Bertz CT molecular complexity index is 597. The number of aryl methyl sites for hydroxylation is 1. The first-order valence-electron chi connectivity index (χ1n) is 7.32. The average Bonchev–Trinajstić information content (AvgIpc) is 2.99. The maximum atomic E-state index is 5.59. The van der Waals surface area contributed by atoms with Gasteiger partial charge in [-0.25, -0.2) is 9.67 Å². The highest BCUT2D eigenvalue weighted by Gasteiger charge is 2.11. The molecule has 6 nitrogen and oxygen atoms in total. The molecule has 21 heavy (non-hydrogen) atoms. The van der Waals surface area contributed by atoms with Gasteiger partial charge in [-0.2, -0.15) is 5.10 Å². The van der Waals surface area contributed by atoms with Crippen LogP contribution < -0.4 is 14.8 Å². The zero-order valence-corrected chi connectivity index (χ0v) is 12.2. The third-order valence-corrected chi connectivity index (χ3v) is 3.48. The number of hydrogen-bond donors (Lipinski definition) is 1. The van der Waals surface area contributed by atoms with Gasteiger partial charge in [-0.15, -0.1) is 0 Å². The van der Waals surface area contributed by atoms with Crippen molar-refractivity contribution in [1.29, 1.82) is 0 Å². The van der Waals surface area contributed by atoms with Crippen LogP contribution in [0.4, 0.5) is 0 Å². The summed E-state index contributed by atoms with van der Waals surface area (Å²) in [7, 11) is 0. The van der Waals surface area contributed by atoms with Gasteiger partial charge in [-0.1, -0.05) is 6.07 Å². The second-order valence-corrected chi connectivity index (χ2v) is 4.90. The van der Waals surface area contributed by atoms with Gasteiger partial charge in [0.25, 0.3) is 0 Å². The summed E-state index contributed by atoms with van der Waals surface area (Å²) in [6.07, 6.45) is 2.54. The largest absolute Gasteiger partial charge is 0.486 e. The molecule has 1 aromatic carbocycles. The van der Waals surface area contributed by atoms with Gasteiger partial charge in [0.05, 0.1) is 6.54 Å². The highest BCUT2D eigenvalue weighted by atomic mass is 16.6. The number of rotatable bonds is 6.